The van der Waals surface area contributed by atoms with Gasteiger partial charge in [0, 0.05) is 13.1 Å². The molecule has 1 atom stereocenters. The Bertz CT molecular complexity index is 206. The van der Waals surface area contributed by atoms with Gasteiger partial charge in [-0.15, -0.1) is 0 Å². The molecule has 1 N–H and O–H groups in total. The topological polar surface area (TPSA) is 60.2 Å². The summed E-state index contributed by atoms with van der Waals surface area (Å²) in [4.78, 5) is 3.90. The van der Waals surface area contributed by atoms with E-state index in [-0.39, 0.29) is 6.10 Å². The van der Waals surface area contributed by atoms with Crippen molar-refractivity contribution in [3.05, 3.63) is 12.2 Å². The molecule has 0 saturated carbocycles. The maximum atomic E-state index is 5.37. The van der Waals surface area contributed by atoms with E-state index in [2.05, 4.69) is 20.0 Å². The van der Waals surface area contributed by atoms with Crippen LogP contribution in [0, 0.1) is 0 Å². The van der Waals surface area contributed by atoms with Crippen molar-refractivity contribution >= 4 is 0 Å². The van der Waals surface area contributed by atoms with Gasteiger partial charge in [0.15, 0.2) is 0 Å². The fraction of sp³-hybridized carbons (Fsp3) is 0.667. The van der Waals surface area contributed by atoms with Crippen molar-refractivity contribution in [3.8, 4) is 0 Å². The summed E-state index contributed by atoms with van der Waals surface area (Å²) in [5.41, 5.74) is 0. The summed E-state index contributed by atoms with van der Waals surface area (Å²) in [6.45, 7) is 2.37. The van der Waals surface area contributed by atoms with Crippen LogP contribution in [0.5, 0.6) is 0 Å². The monoisotopic (exact) mass is 155 g/mol. The molecular formula is C6H9N3O2. The van der Waals surface area contributed by atoms with E-state index in [4.69, 9.17) is 4.74 Å². The van der Waals surface area contributed by atoms with Gasteiger partial charge >= 0.3 is 0 Å². The molecule has 1 aromatic heterocycles. The van der Waals surface area contributed by atoms with E-state index in [9.17, 15) is 0 Å². The van der Waals surface area contributed by atoms with Gasteiger partial charge in [-0.3, -0.25) is 0 Å². The van der Waals surface area contributed by atoms with Gasteiger partial charge in [0.05, 0.1) is 6.61 Å². The van der Waals surface area contributed by atoms with Gasteiger partial charge in [-0.05, 0) is 0 Å². The Morgan fingerprint density at radius 3 is 3.27 bits per heavy atom. The Morgan fingerprint density at radius 1 is 1.64 bits per heavy atom. The van der Waals surface area contributed by atoms with Crippen LogP contribution in [0.15, 0.2) is 10.9 Å². The Hall–Kier alpha value is -0.940. The van der Waals surface area contributed by atoms with E-state index < -0.39 is 0 Å². The zero-order valence-corrected chi connectivity index (χ0v) is 5.99. The second kappa shape index (κ2) is 2.98. The average Bonchev–Trinajstić information content (AvgIpc) is 2.58. The van der Waals surface area contributed by atoms with E-state index >= 15 is 0 Å². The lowest BCUT2D eigenvalue weighted by Crippen LogP contribution is -2.33. The molecule has 0 bridgehead atoms. The molecule has 0 radical (unpaired) electrons. The molecule has 0 aliphatic carbocycles. The molecule has 1 unspecified atom stereocenters. The number of morpholine rings is 1. The molecule has 60 valence electrons. The second-order valence-electron chi connectivity index (χ2n) is 2.35. The second-order valence-corrected chi connectivity index (χ2v) is 2.35. The van der Waals surface area contributed by atoms with Crippen molar-refractivity contribution in [1.29, 1.82) is 0 Å². The van der Waals surface area contributed by atoms with E-state index in [1.54, 1.807) is 0 Å². The van der Waals surface area contributed by atoms with Crippen LogP contribution < -0.4 is 5.32 Å². The SMILES string of the molecule is c1nc(C2CNCCO2)no1. The summed E-state index contributed by atoms with van der Waals surface area (Å²) in [6, 6.07) is 0. The van der Waals surface area contributed by atoms with E-state index in [0.717, 1.165) is 13.1 Å². The van der Waals surface area contributed by atoms with Gasteiger partial charge < -0.3 is 14.6 Å². The van der Waals surface area contributed by atoms with Crippen molar-refractivity contribution in [2.24, 2.45) is 0 Å². The lowest BCUT2D eigenvalue weighted by atomic mass is 10.3. The third-order valence-electron chi connectivity index (χ3n) is 1.59. The quantitative estimate of drug-likeness (QED) is 0.605. The van der Waals surface area contributed by atoms with Crippen molar-refractivity contribution in [2.45, 2.75) is 6.10 Å². The molecule has 2 rings (SSSR count). The van der Waals surface area contributed by atoms with Gasteiger partial charge in [0.1, 0.15) is 6.10 Å². The van der Waals surface area contributed by atoms with Crippen LogP contribution >= 0.6 is 0 Å². The first-order valence-corrected chi connectivity index (χ1v) is 3.55. The maximum absolute atomic E-state index is 5.37. The van der Waals surface area contributed by atoms with Gasteiger partial charge in [-0.1, -0.05) is 5.16 Å². The molecule has 5 heteroatoms. The van der Waals surface area contributed by atoms with Crippen molar-refractivity contribution in [3.63, 3.8) is 0 Å². The van der Waals surface area contributed by atoms with Gasteiger partial charge in [-0.25, -0.2) is 0 Å². The standard InChI is InChI=1S/C6H9N3O2/c1-2-10-5(3-7-1)6-8-4-11-9-6/h4-5,7H,1-3H2. The maximum Gasteiger partial charge on any atom is 0.213 e. The minimum absolute atomic E-state index is 0.0394. The third-order valence-corrected chi connectivity index (χ3v) is 1.59. The van der Waals surface area contributed by atoms with Crippen LogP contribution in [0.1, 0.15) is 11.9 Å². The molecule has 0 amide bonds. The molecule has 2 heterocycles. The Labute approximate surface area is 63.7 Å². The van der Waals surface area contributed by atoms with Crippen LogP contribution in [0.25, 0.3) is 0 Å². The van der Waals surface area contributed by atoms with Gasteiger partial charge in [0.2, 0.25) is 12.2 Å². The molecule has 0 aromatic carbocycles. The molecule has 1 saturated heterocycles. The van der Waals surface area contributed by atoms with Gasteiger partial charge in [-0.2, -0.15) is 4.98 Å². The first kappa shape index (κ1) is 6.75. The third kappa shape index (κ3) is 1.38. The Morgan fingerprint density at radius 2 is 2.64 bits per heavy atom. The fourth-order valence-electron chi connectivity index (χ4n) is 1.05. The minimum atomic E-state index is -0.0394. The highest BCUT2D eigenvalue weighted by Gasteiger charge is 2.18. The number of hydrogen-bond acceptors (Lipinski definition) is 5. The molecular weight excluding hydrogens is 146 g/mol. The van der Waals surface area contributed by atoms with Crippen molar-refractivity contribution in [1.82, 2.24) is 15.5 Å². The molecule has 0 spiro atoms. The largest absolute Gasteiger partial charge is 0.367 e. The summed E-state index contributed by atoms with van der Waals surface area (Å²) in [5, 5.41) is 6.87. The van der Waals surface area contributed by atoms with Crippen LogP contribution in [-0.2, 0) is 4.74 Å². The van der Waals surface area contributed by atoms with Crippen LogP contribution in [-0.4, -0.2) is 29.8 Å². The molecule has 1 aliphatic heterocycles. The summed E-state index contributed by atoms with van der Waals surface area (Å²) in [6.07, 6.45) is 1.27. The Kier molecular flexibility index (Phi) is 1.83. The highest BCUT2D eigenvalue weighted by Crippen LogP contribution is 2.12. The van der Waals surface area contributed by atoms with Crippen molar-refractivity contribution < 1.29 is 9.26 Å². The van der Waals surface area contributed by atoms with Crippen LogP contribution in [0.4, 0.5) is 0 Å². The molecule has 1 fully saturated rings. The lowest BCUT2D eigenvalue weighted by Gasteiger charge is -2.20. The smallest absolute Gasteiger partial charge is 0.213 e. The summed E-state index contributed by atoms with van der Waals surface area (Å²) < 4.78 is 9.97. The number of rotatable bonds is 1. The Balaban J connectivity index is 2.04. The van der Waals surface area contributed by atoms with Crippen LogP contribution in [0.3, 0.4) is 0 Å². The first-order valence-electron chi connectivity index (χ1n) is 3.55. The summed E-state index contributed by atoms with van der Waals surface area (Å²) in [7, 11) is 0. The van der Waals surface area contributed by atoms with Crippen LogP contribution in [0.2, 0.25) is 0 Å². The number of hydrogen-bond donors (Lipinski definition) is 1. The average molecular weight is 155 g/mol. The predicted molar refractivity (Wildman–Crippen MR) is 35.9 cm³/mol. The molecule has 5 nitrogen and oxygen atoms in total. The predicted octanol–water partition coefficient (Wildman–Crippen LogP) is -0.270. The van der Waals surface area contributed by atoms with E-state index in [1.165, 1.54) is 6.39 Å². The highest BCUT2D eigenvalue weighted by molar-refractivity contribution is 4.88. The zero-order valence-electron chi connectivity index (χ0n) is 5.99. The molecule has 11 heavy (non-hydrogen) atoms. The van der Waals surface area contributed by atoms with Gasteiger partial charge in [0.25, 0.3) is 0 Å². The zero-order chi connectivity index (χ0) is 7.52. The fourth-order valence-corrected chi connectivity index (χ4v) is 1.05. The molecule has 1 aromatic rings. The lowest BCUT2D eigenvalue weighted by molar-refractivity contribution is 0.0208. The number of nitrogens with one attached hydrogen (secondary N) is 1. The normalized spacial score (nSPS) is 25.3. The highest BCUT2D eigenvalue weighted by atomic mass is 16.5. The first-order chi connectivity index (χ1) is 5.47. The number of nitrogens with zero attached hydrogens (tertiary/aromatic N) is 2. The molecule has 1 aliphatic rings. The number of ether oxygens (including phenoxy) is 1. The van der Waals surface area contributed by atoms with Crippen molar-refractivity contribution in [2.75, 3.05) is 19.7 Å². The minimum Gasteiger partial charge on any atom is -0.367 e. The van der Waals surface area contributed by atoms with E-state index in [1.807, 2.05) is 0 Å². The summed E-state index contributed by atoms with van der Waals surface area (Å²) >= 11 is 0. The summed E-state index contributed by atoms with van der Waals surface area (Å²) in [5.74, 6) is 0.622. The number of aromatic nitrogens is 2. The van der Waals surface area contributed by atoms with E-state index in [0.29, 0.717) is 12.4 Å².